The van der Waals surface area contributed by atoms with Gasteiger partial charge in [0.05, 0.1) is 25.2 Å². The van der Waals surface area contributed by atoms with Gasteiger partial charge in [-0.15, -0.1) is 0 Å². The number of hydroxylamine groups is 1. The van der Waals surface area contributed by atoms with Crippen molar-refractivity contribution in [1.29, 1.82) is 0 Å². The van der Waals surface area contributed by atoms with Gasteiger partial charge in [-0.1, -0.05) is 0 Å². The molecule has 70 valence electrons. The van der Waals surface area contributed by atoms with Crippen LogP contribution in [0.2, 0.25) is 0 Å². The zero-order valence-electron chi connectivity index (χ0n) is 7.37. The van der Waals surface area contributed by atoms with Crippen LogP contribution >= 0.6 is 0 Å². The van der Waals surface area contributed by atoms with Crippen LogP contribution in [0.3, 0.4) is 0 Å². The summed E-state index contributed by atoms with van der Waals surface area (Å²) in [6.45, 7) is 1.82. The van der Waals surface area contributed by atoms with Crippen LogP contribution in [0.1, 0.15) is 5.56 Å². The van der Waals surface area contributed by atoms with Crippen molar-refractivity contribution < 1.29 is 9.63 Å². The van der Waals surface area contributed by atoms with Crippen molar-refractivity contribution in [2.45, 2.75) is 6.92 Å². The van der Waals surface area contributed by atoms with Crippen LogP contribution in [0.4, 0.5) is 10.5 Å². The predicted molar refractivity (Wildman–Crippen MR) is 45.9 cm³/mol. The van der Waals surface area contributed by atoms with Crippen LogP contribution in [-0.2, 0) is 4.84 Å². The second-order valence-corrected chi connectivity index (χ2v) is 2.35. The maximum absolute atomic E-state index is 11.0. The lowest BCUT2D eigenvalue weighted by Gasteiger charge is -2.06. The summed E-state index contributed by atoms with van der Waals surface area (Å²) < 4.78 is 0. The number of rotatable bonds is 2. The monoisotopic (exact) mass is 182 g/mol. The number of carbonyl (C=O) groups is 1. The first-order valence-electron chi connectivity index (χ1n) is 3.61. The molecule has 1 aromatic rings. The molecule has 1 rings (SSSR count). The standard InChI is InChI=1S/C7H10N4O2/c1-5-3-8-9-4-6(5)10-7(12)11-13-2/h3-4H,1-2H3,(H2,8,10,11,12). The van der Waals surface area contributed by atoms with E-state index in [-0.39, 0.29) is 0 Å². The molecule has 0 atom stereocenters. The van der Waals surface area contributed by atoms with Crippen LogP contribution < -0.4 is 10.8 Å². The minimum atomic E-state index is -0.446. The molecule has 0 aromatic carbocycles. The zero-order chi connectivity index (χ0) is 9.68. The van der Waals surface area contributed by atoms with Crippen molar-refractivity contribution in [3.63, 3.8) is 0 Å². The average molecular weight is 182 g/mol. The fraction of sp³-hybridized carbons (Fsp3) is 0.286. The maximum atomic E-state index is 11.0. The van der Waals surface area contributed by atoms with Gasteiger partial charge in [0.15, 0.2) is 0 Å². The van der Waals surface area contributed by atoms with Gasteiger partial charge in [-0.05, 0) is 12.5 Å². The van der Waals surface area contributed by atoms with Gasteiger partial charge in [-0.2, -0.15) is 10.2 Å². The Hall–Kier alpha value is -1.69. The lowest BCUT2D eigenvalue weighted by atomic mass is 10.3. The lowest BCUT2D eigenvalue weighted by molar-refractivity contribution is 0.114. The molecule has 2 amide bonds. The summed E-state index contributed by atoms with van der Waals surface area (Å²) in [5.74, 6) is 0. The van der Waals surface area contributed by atoms with Gasteiger partial charge in [0.2, 0.25) is 0 Å². The highest BCUT2D eigenvalue weighted by molar-refractivity contribution is 5.88. The summed E-state index contributed by atoms with van der Waals surface area (Å²) in [4.78, 5) is 15.4. The van der Waals surface area contributed by atoms with Gasteiger partial charge in [0, 0.05) is 0 Å². The topological polar surface area (TPSA) is 76.1 Å². The predicted octanol–water partition coefficient (Wildman–Crippen LogP) is 0.468. The Balaban J connectivity index is 2.63. The Morgan fingerprint density at radius 2 is 2.15 bits per heavy atom. The minimum Gasteiger partial charge on any atom is -0.304 e. The van der Waals surface area contributed by atoms with Gasteiger partial charge in [-0.3, -0.25) is 4.84 Å². The summed E-state index contributed by atoms with van der Waals surface area (Å²) in [5.41, 5.74) is 3.56. The number of hydrogen-bond acceptors (Lipinski definition) is 4. The molecule has 13 heavy (non-hydrogen) atoms. The number of hydrogen-bond donors (Lipinski definition) is 2. The fourth-order valence-electron chi connectivity index (χ4n) is 0.754. The molecule has 0 bridgehead atoms. The van der Waals surface area contributed by atoms with Gasteiger partial charge in [0.1, 0.15) is 0 Å². The number of aryl methyl sites for hydroxylation is 1. The van der Waals surface area contributed by atoms with Crippen molar-refractivity contribution in [2.75, 3.05) is 12.4 Å². The molecule has 2 N–H and O–H groups in total. The third-order valence-electron chi connectivity index (χ3n) is 1.37. The molecule has 0 aliphatic heterocycles. The van der Waals surface area contributed by atoms with E-state index in [9.17, 15) is 4.79 Å². The highest BCUT2D eigenvalue weighted by Gasteiger charge is 2.02. The summed E-state index contributed by atoms with van der Waals surface area (Å²) in [5, 5.41) is 9.80. The van der Waals surface area contributed by atoms with Crippen molar-refractivity contribution in [3.05, 3.63) is 18.0 Å². The molecule has 1 heterocycles. The zero-order valence-corrected chi connectivity index (χ0v) is 7.37. The molecule has 0 saturated heterocycles. The number of nitrogens with zero attached hydrogens (tertiary/aromatic N) is 2. The van der Waals surface area contributed by atoms with E-state index in [0.29, 0.717) is 5.69 Å². The largest absolute Gasteiger partial charge is 0.343 e. The number of urea groups is 1. The summed E-state index contributed by atoms with van der Waals surface area (Å²) in [6, 6.07) is -0.446. The van der Waals surface area contributed by atoms with E-state index in [0.717, 1.165) is 5.56 Å². The van der Waals surface area contributed by atoms with Crippen molar-refractivity contribution >= 4 is 11.7 Å². The highest BCUT2D eigenvalue weighted by Crippen LogP contribution is 2.09. The number of nitrogens with one attached hydrogen (secondary N) is 2. The smallest absolute Gasteiger partial charge is 0.304 e. The molecule has 0 spiro atoms. The quantitative estimate of drug-likeness (QED) is 0.652. The molecule has 0 aliphatic carbocycles. The molecule has 1 aromatic heterocycles. The van der Waals surface area contributed by atoms with E-state index >= 15 is 0 Å². The summed E-state index contributed by atoms with van der Waals surface area (Å²) in [6.07, 6.45) is 3.02. The van der Waals surface area contributed by atoms with Gasteiger partial charge in [0.25, 0.3) is 0 Å². The third-order valence-corrected chi connectivity index (χ3v) is 1.37. The van der Waals surface area contributed by atoms with E-state index < -0.39 is 6.03 Å². The second-order valence-electron chi connectivity index (χ2n) is 2.35. The van der Waals surface area contributed by atoms with Crippen LogP contribution in [0.15, 0.2) is 12.4 Å². The first-order valence-corrected chi connectivity index (χ1v) is 3.61. The molecule has 0 radical (unpaired) electrons. The van der Waals surface area contributed by atoms with Gasteiger partial charge in [-0.25, -0.2) is 10.3 Å². The number of carbonyl (C=O) groups excluding carboxylic acids is 1. The van der Waals surface area contributed by atoms with E-state index in [1.165, 1.54) is 13.3 Å². The molecule has 0 unspecified atom stereocenters. The molecule has 0 fully saturated rings. The second kappa shape index (κ2) is 4.36. The Labute approximate surface area is 75.3 Å². The summed E-state index contributed by atoms with van der Waals surface area (Å²) >= 11 is 0. The van der Waals surface area contributed by atoms with Crippen molar-refractivity contribution in [1.82, 2.24) is 15.7 Å². The number of anilines is 1. The van der Waals surface area contributed by atoms with E-state index in [2.05, 4.69) is 25.8 Å². The molecule has 0 saturated carbocycles. The van der Waals surface area contributed by atoms with Gasteiger partial charge >= 0.3 is 6.03 Å². The Kier molecular flexibility index (Phi) is 3.15. The third kappa shape index (κ3) is 2.68. The van der Waals surface area contributed by atoms with E-state index in [1.54, 1.807) is 6.20 Å². The number of amides is 2. The van der Waals surface area contributed by atoms with Crippen molar-refractivity contribution in [2.24, 2.45) is 0 Å². The molecule has 0 aliphatic rings. The average Bonchev–Trinajstić information content (AvgIpc) is 2.09. The fourth-order valence-corrected chi connectivity index (χ4v) is 0.754. The summed E-state index contributed by atoms with van der Waals surface area (Å²) in [7, 11) is 1.36. The molecule has 6 nitrogen and oxygen atoms in total. The van der Waals surface area contributed by atoms with Crippen LogP contribution in [0.5, 0.6) is 0 Å². The Bertz CT molecular complexity index is 302. The van der Waals surface area contributed by atoms with Crippen molar-refractivity contribution in [3.8, 4) is 0 Å². The Morgan fingerprint density at radius 3 is 2.77 bits per heavy atom. The van der Waals surface area contributed by atoms with Crippen LogP contribution in [0.25, 0.3) is 0 Å². The Morgan fingerprint density at radius 1 is 1.46 bits per heavy atom. The SMILES string of the molecule is CONC(=O)Nc1cnncc1C. The molecular weight excluding hydrogens is 172 g/mol. The van der Waals surface area contributed by atoms with Crippen LogP contribution in [0, 0.1) is 6.92 Å². The lowest BCUT2D eigenvalue weighted by Crippen LogP contribution is -2.27. The highest BCUT2D eigenvalue weighted by atomic mass is 16.6. The maximum Gasteiger partial charge on any atom is 0.343 e. The number of aromatic nitrogens is 2. The normalized spacial score (nSPS) is 9.38. The minimum absolute atomic E-state index is 0.446. The molecular formula is C7H10N4O2. The van der Waals surface area contributed by atoms with E-state index in [1.807, 2.05) is 6.92 Å². The van der Waals surface area contributed by atoms with Crippen LogP contribution in [-0.4, -0.2) is 23.3 Å². The first kappa shape index (κ1) is 9.40. The van der Waals surface area contributed by atoms with Gasteiger partial charge < -0.3 is 5.32 Å². The molecule has 6 heteroatoms. The first-order chi connectivity index (χ1) is 6.24. The van der Waals surface area contributed by atoms with E-state index in [4.69, 9.17) is 0 Å².